The Morgan fingerprint density at radius 2 is 1.72 bits per heavy atom. The highest BCUT2D eigenvalue weighted by Gasteiger charge is 2.18. The fourth-order valence-corrected chi connectivity index (χ4v) is 2.45. The SMILES string of the molecule is Cc1ccc2c(c1)CN(c1ccc(C#N)cc1)C2. The number of benzene rings is 2. The van der Waals surface area contributed by atoms with Crippen molar-refractivity contribution in [2.45, 2.75) is 20.0 Å². The average molecular weight is 234 g/mol. The Bertz CT molecular complexity index is 621. The fraction of sp³-hybridized carbons (Fsp3) is 0.188. The van der Waals surface area contributed by atoms with E-state index in [0.717, 1.165) is 13.1 Å². The molecule has 0 amide bonds. The summed E-state index contributed by atoms with van der Waals surface area (Å²) in [6.07, 6.45) is 0. The molecule has 0 atom stereocenters. The van der Waals surface area contributed by atoms with Gasteiger partial charge in [-0.15, -0.1) is 0 Å². The molecule has 2 nitrogen and oxygen atoms in total. The van der Waals surface area contributed by atoms with Gasteiger partial charge in [-0.25, -0.2) is 0 Å². The van der Waals surface area contributed by atoms with Crippen molar-refractivity contribution in [3.8, 4) is 6.07 Å². The molecule has 1 aliphatic heterocycles. The molecule has 0 unspecified atom stereocenters. The second kappa shape index (κ2) is 4.19. The third-order valence-corrected chi connectivity index (χ3v) is 3.45. The summed E-state index contributed by atoms with van der Waals surface area (Å²) in [7, 11) is 0. The van der Waals surface area contributed by atoms with Crippen molar-refractivity contribution < 1.29 is 0 Å². The minimum atomic E-state index is 0.714. The summed E-state index contributed by atoms with van der Waals surface area (Å²) in [5.74, 6) is 0. The quantitative estimate of drug-likeness (QED) is 0.756. The van der Waals surface area contributed by atoms with Gasteiger partial charge in [0.05, 0.1) is 11.6 Å². The van der Waals surface area contributed by atoms with E-state index in [0.29, 0.717) is 5.56 Å². The number of nitriles is 1. The van der Waals surface area contributed by atoms with E-state index in [1.54, 1.807) is 0 Å². The number of rotatable bonds is 1. The molecule has 0 aliphatic carbocycles. The van der Waals surface area contributed by atoms with Crippen LogP contribution in [-0.4, -0.2) is 0 Å². The lowest BCUT2D eigenvalue weighted by Crippen LogP contribution is -2.14. The van der Waals surface area contributed by atoms with Crippen LogP contribution in [0.4, 0.5) is 5.69 Å². The van der Waals surface area contributed by atoms with E-state index in [2.05, 4.69) is 36.1 Å². The van der Waals surface area contributed by atoms with Crippen LogP contribution in [0.25, 0.3) is 0 Å². The van der Waals surface area contributed by atoms with E-state index in [-0.39, 0.29) is 0 Å². The molecule has 2 aromatic rings. The second-order valence-corrected chi connectivity index (χ2v) is 4.79. The highest BCUT2D eigenvalue weighted by atomic mass is 15.1. The van der Waals surface area contributed by atoms with Crippen LogP contribution in [0.3, 0.4) is 0 Å². The van der Waals surface area contributed by atoms with Crippen LogP contribution in [0.5, 0.6) is 0 Å². The Hall–Kier alpha value is -2.27. The van der Waals surface area contributed by atoms with E-state index in [1.165, 1.54) is 22.4 Å². The molecule has 18 heavy (non-hydrogen) atoms. The first kappa shape index (κ1) is 10.9. The zero-order valence-corrected chi connectivity index (χ0v) is 10.4. The molecule has 2 aromatic carbocycles. The zero-order chi connectivity index (χ0) is 12.5. The lowest BCUT2D eigenvalue weighted by Gasteiger charge is -2.17. The maximum absolute atomic E-state index is 8.80. The van der Waals surface area contributed by atoms with Crippen LogP contribution in [0.15, 0.2) is 42.5 Å². The van der Waals surface area contributed by atoms with Crippen molar-refractivity contribution in [1.29, 1.82) is 5.26 Å². The van der Waals surface area contributed by atoms with Gasteiger partial charge in [0.15, 0.2) is 0 Å². The smallest absolute Gasteiger partial charge is 0.0991 e. The van der Waals surface area contributed by atoms with Crippen molar-refractivity contribution in [3.05, 3.63) is 64.7 Å². The maximum Gasteiger partial charge on any atom is 0.0991 e. The van der Waals surface area contributed by atoms with Gasteiger partial charge >= 0.3 is 0 Å². The molecule has 1 heterocycles. The number of nitrogens with zero attached hydrogens (tertiary/aromatic N) is 2. The van der Waals surface area contributed by atoms with Gasteiger partial charge in [0.2, 0.25) is 0 Å². The lowest BCUT2D eigenvalue weighted by atomic mass is 10.1. The molecule has 0 spiro atoms. The number of hydrogen-bond donors (Lipinski definition) is 0. The molecule has 0 saturated carbocycles. The molecular formula is C16H14N2. The largest absolute Gasteiger partial charge is 0.363 e. The van der Waals surface area contributed by atoms with Crippen LogP contribution < -0.4 is 4.90 Å². The van der Waals surface area contributed by atoms with Crippen molar-refractivity contribution in [2.75, 3.05) is 4.90 Å². The summed E-state index contributed by atoms with van der Waals surface area (Å²) in [4.78, 5) is 2.34. The molecule has 0 fully saturated rings. The van der Waals surface area contributed by atoms with Crippen LogP contribution in [0, 0.1) is 18.3 Å². The number of fused-ring (bicyclic) bond motifs is 1. The second-order valence-electron chi connectivity index (χ2n) is 4.79. The summed E-state index contributed by atoms with van der Waals surface area (Å²) in [6.45, 7) is 4.05. The van der Waals surface area contributed by atoms with Gasteiger partial charge in [-0.05, 0) is 42.3 Å². The van der Waals surface area contributed by atoms with Gasteiger partial charge in [0.1, 0.15) is 0 Å². The van der Waals surface area contributed by atoms with Crippen molar-refractivity contribution in [2.24, 2.45) is 0 Å². The van der Waals surface area contributed by atoms with E-state index in [1.807, 2.05) is 24.3 Å². The van der Waals surface area contributed by atoms with Crippen LogP contribution in [0.2, 0.25) is 0 Å². The number of aryl methyl sites for hydroxylation is 1. The third kappa shape index (κ3) is 1.84. The topological polar surface area (TPSA) is 27.0 Å². The molecule has 0 saturated heterocycles. The highest BCUT2D eigenvalue weighted by Crippen LogP contribution is 2.28. The van der Waals surface area contributed by atoms with Crippen molar-refractivity contribution >= 4 is 5.69 Å². The lowest BCUT2D eigenvalue weighted by molar-refractivity contribution is 0.880. The molecule has 0 aromatic heterocycles. The standard InChI is InChI=1S/C16H14N2/c1-12-2-5-14-10-18(11-15(14)8-12)16-6-3-13(9-17)4-7-16/h2-8H,10-11H2,1H3. The normalized spacial score (nSPS) is 13.2. The molecule has 0 bridgehead atoms. The molecule has 1 aliphatic rings. The zero-order valence-electron chi connectivity index (χ0n) is 10.4. The molecule has 88 valence electrons. The maximum atomic E-state index is 8.80. The summed E-state index contributed by atoms with van der Waals surface area (Å²) in [6, 6.07) is 16.6. The molecule has 0 N–H and O–H groups in total. The van der Waals surface area contributed by atoms with Crippen LogP contribution in [-0.2, 0) is 13.1 Å². The highest BCUT2D eigenvalue weighted by molar-refractivity contribution is 5.54. The predicted molar refractivity (Wildman–Crippen MR) is 72.2 cm³/mol. The van der Waals surface area contributed by atoms with Gasteiger partial charge < -0.3 is 4.90 Å². The van der Waals surface area contributed by atoms with Gasteiger partial charge in [-0.2, -0.15) is 5.26 Å². The minimum absolute atomic E-state index is 0.714. The van der Waals surface area contributed by atoms with E-state index >= 15 is 0 Å². The third-order valence-electron chi connectivity index (χ3n) is 3.45. The molecule has 3 rings (SSSR count). The molecule has 0 radical (unpaired) electrons. The molecular weight excluding hydrogens is 220 g/mol. The van der Waals surface area contributed by atoms with Crippen LogP contribution >= 0.6 is 0 Å². The number of hydrogen-bond acceptors (Lipinski definition) is 2. The Morgan fingerprint density at radius 1 is 1.00 bits per heavy atom. The summed E-state index contributed by atoms with van der Waals surface area (Å²) in [5.41, 5.74) is 6.04. The Labute approximate surface area is 107 Å². The van der Waals surface area contributed by atoms with E-state index in [9.17, 15) is 0 Å². The van der Waals surface area contributed by atoms with Gasteiger partial charge in [0, 0.05) is 18.8 Å². The first-order chi connectivity index (χ1) is 8.76. The molecule has 2 heteroatoms. The van der Waals surface area contributed by atoms with Crippen molar-refractivity contribution in [1.82, 2.24) is 0 Å². The Balaban J connectivity index is 1.87. The van der Waals surface area contributed by atoms with Crippen molar-refractivity contribution in [3.63, 3.8) is 0 Å². The summed E-state index contributed by atoms with van der Waals surface area (Å²) >= 11 is 0. The average Bonchev–Trinajstić information content (AvgIpc) is 2.81. The van der Waals surface area contributed by atoms with Gasteiger partial charge in [-0.1, -0.05) is 23.8 Å². The van der Waals surface area contributed by atoms with E-state index in [4.69, 9.17) is 5.26 Å². The van der Waals surface area contributed by atoms with Gasteiger partial charge in [0.25, 0.3) is 0 Å². The minimum Gasteiger partial charge on any atom is -0.363 e. The van der Waals surface area contributed by atoms with E-state index < -0.39 is 0 Å². The van der Waals surface area contributed by atoms with Crippen LogP contribution in [0.1, 0.15) is 22.3 Å². The summed E-state index contributed by atoms with van der Waals surface area (Å²) < 4.78 is 0. The summed E-state index contributed by atoms with van der Waals surface area (Å²) in [5, 5.41) is 8.80. The fourth-order valence-electron chi connectivity index (χ4n) is 2.45. The monoisotopic (exact) mass is 234 g/mol. The van der Waals surface area contributed by atoms with Gasteiger partial charge in [-0.3, -0.25) is 0 Å². The Morgan fingerprint density at radius 3 is 2.44 bits per heavy atom. The Kier molecular flexibility index (Phi) is 2.53. The first-order valence-corrected chi connectivity index (χ1v) is 6.10. The number of anilines is 1. The predicted octanol–water partition coefficient (Wildman–Crippen LogP) is 3.39. The first-order valence-electron chi connectivity index (χ1n) is 6.10.